The fraction of sp³-hybridized carbons (Fsp3) is 0.231. The first kappa shape index (κ1) is 14.8. The molecule has 1 rings (SSSR count). The molecule has 0 heterocycles. The standard InChI is InChI=1S/C13H16FN3O2/c14-12-5-2-1-4-11(12)6-8-16-13(19)17(10-18)9-3-7-15/h1-2,4-6,8,10H,3,7,9,15H2,(H,16,19)/b8-6+. The molecule has 102 valence electrons. The average Bonchev–Trinajstić information content (AvgIpc) is 2.42. The van der Waals surface area contributed by atoms with Gasteiger partial charge < -0.3 is 11.1 Å². The highest BCUT2D eigenvalue weighted by molar-refractivity contribution is 5.85. The minimum atomic E-state index is -0.573. The summed E-state index contributed by atoms with van der Waals surface area (Å²) < 4.78 is 13.3. The zero-order valence-electron chi connectivity index (χ0n) is 10.4. The quantitative estimate of drug-likeness (QED) is 0.761. The Balaban J connectivity index is 2.53. The molecule has 19 heavy (non-hydrogen) atoms. The minimum Gasteiger partial charge on any atom is -0.330 e. The Hall–Kier alpha value is -2.21. The summed E-state index contributed by atoms with van der Waals surface area (Å²) in [7, 11) is 0. The molecule has 0 saturated heterocycles. The molecule has 0 aromatic heterocycles. The fourth-order valence-electron chi connectivity index (χ4n) is 1.36. The van der Waals surface area contributed by atoms with Gasteiger partial charge in [-0.15, -0.1) is 0 Å². The van der Waals surface area contributed by atoms with E-state index in [1.54, 1.807) is 18.2 Å². The highest BCUT2D eigenvalue weighted by Crippen LogP contribution is 2.07. The zero-order valence-corrected chi connectivity index (χ0v) is 10.4. The molecule has 0 spiro atoms. The van der Waals surface area contributed by atoms with Crippen LogP contribution in [0.1, 0.15) is 12.0 Å². The largest absolute Gasteiger partial charge is 0.330 e. The van der Waals surface area contributed by atoms with Crippen LogP contribution in [0.2, 0.25) is 0 Å². The summed E-state index contributed by atoms with van der Waals surface area (Å²) in [4.78, 5) is 23.2. The normalized spacial score (nSPS) is 10.4. The van der Waals surface area contributed by atoms with Gasteiger partial charge in [-0.05, 0) is 25.1 Å². The molecule has 0 radical (unpaired) electrons. The predicted molar refractivity (Wildman–Crippen MR) is 70.4 cm³/mol. The van der Waals surface area contributed by atoms with Gasteiger partial charge in [0.25, 0.3) is 0 Å². The van der Waals surface area contributed by atoms with Crippen LogP contribution in [-0.4, -0.2) is 30.4 Å². The van der Waals surface area contributed by atoms with Crippen molar-refractivity contribution in [3.8, 4) is 0 Å². The maximum Gasteiger partial charge on any atom is 0.327 e. The summed E-state index contributed by atoms with van der Waals surface area (Å²) in [6.45, 7) is 0.641. The van der Waals surface area contributed by atoms with E-state index in [0.717, 1.165) is 4.90 Å². The maximum absolute atomic E-state index is 13.3. The summed E-state index contributed by atoms with van der Waals surface area (Å²) in [6, 6.07) is 5.58. The molecular weight excluding hydrogens is 249 g/mol. The van der Waals surface area contributed by atoms with Crippen molar-refractivity contribution in [2.75, 3.05) is 13.1 Å². The Kier molecular flexibility index (Phi) is 6.25. The van der Waals surface area contributed by atoms with E-state index in [-0.39, 0.29) is 12.4 Å². The number of urea groups is 1. The number of rotatable bonds is 6. The van der Waals surface area contributed by atoms with Crippen molar-refractivity contribution >= 4 is 18.5 Å². The number of imide groups is 1. The van der Waals surface area contributed by atoms with Crippen LogP contribution in [0.5, 0.6) is 0 Å². The number of carbonyl (C=O) groups excluding carboxylic acids is 2. The monoisotopic (exact) mass is 265 g/mol. The van der Waals surface area contributed by atoms with Gasteiger partial charge in [-0.25, -0.2) is 9.18 Å². The molecular formula is C13H16FN3O2. The van der Waals surface area contributed by atoms with Crippen LogP contribution in [0, 0.1) is 5.82 Å². The molecule has 0 saturated carbocycles. The summed E-state index contributed by atoms with van der Waals surface area (Å²) in [5.41, 5.74) is 5.64. The molecule has 3 N–H and O–H groups in total. The first-order valence-corrected chi connectivity index (χ1v) is 5.82. The van der Waals surface area contributed by atoms with Gasteiger partial charge >= 0.3 is 6.03 Å². The van der Waals surface area contributed by atoms with E-state index in [4.69, 9.17) is 5.73 Å². The second-order valence-corrected chi connectivity index (χ2v) is 3.75. The lowest BCUT2D eigenvalue weighted by atomic mass is 10.2. The number of carbonyl (C=O) groups is 2. The molecule has 0 aliphatic carbocycles. The van der Waals surface area contributed by atoms with Gasteiger partial charge in [0.2, 0.25) is 6.41 Å². The van der Waals surface area contributed by atoms with E-state index >= 15 is 0 Å². The molecule has 0 aliphatic heterocycles. The highest BCUT2D eigenvalue weighted by Gasteiger charge is 2.09. The van der Waals surface area contributed by atoms with Crippen molar-refractivity contribution in [3.63, 3.8) is 0 Å². The highest BCUT2D eigenvalue weighted by atomic mass is 19.1. The summed E-state index contributed by atoms with van der Waals surface area (Å²) in [5.74, 6) is -0.386. The lowest BCUT2D eigenvalue weighted by Gasteiger charge is -2.13. The van der Waals surface area contributed by atoms with Crippen molar-refractivity contribution in [1.82, 2.24) is 10.2 Å². The van der Waals surface area contributed by atoms with Crippen LogP contribution in [-0.2, 0) is 4.79 Å². The molecule has 1 aromatic carbocycles. The number of amides is 3. The van der Waals surface area contributed by atoms with E-state index < -0.39 is 6.03 Å². The van der Waals surface area contributed by atoms with Crippen molar-refractivity contribution in [1.29, 1.82) is 0 Å². The van der Waals surface area contributed by atoms with Gasteiger partial charge in [0.1, 0.15) is 5.82 Å². The van der Waals surface area contributed by atoms with Gasteiger partial charge in [-0.2, -0.15) is 0 Å². The number of nitrogens with zero attached hydrogens (tertiary/aromatic N) is 1. The van der Waals surface area contributed by atoms with Gasteiger partial charge in [0.05, 0.1) is 0 Å². The van der Waals surface area contributed by atoms with E-state index in [2.05, 4.69) is 5.32 Å². The molecule has 0 atom stereocenters. The molecule has 5 nitrogen and oxygen atoms in total. The predicted octanol–water partition coefficient (Wildman–Crippen LogP) is 1.31. The number of nitrogens with two attached hydrogens (primary N) is 1. The summed E-state index contributed by atoms with van der Waals surface area (Å²) >= 11 is 0. The first-order valence-electron chi connectivity index (χ1n) is 5.82. The van der Waals surface area contributed by atoms with Crippen LogP contribution >= 0.6 is 0 Å². The second kappa shape index (κ2) is 7.99. The van der Waals surface area contributed by atoms with E-state index in [0.29, 0.717) is 24.9 Å². The van der Waals surface area contributed by atoms with Gasteiger partial charge in [-0.1, -0.05) is 18.2 Å². The van der Waals surface area contributed by atoms with E-state index in [1.165, 1.54) is 18.3 Å². The first-order chi connectivity index (χ1) is 9.19. The SMILES string of the molecule is NCCCN(C=O)C(=O)N/C=C/c1ccccc1F. The van der Waals surface area contributed by atoms with Crippen LogP contribution in [0.25, 0.3) is 6.08 Å². The van der Waals surface area contributed by atoms with Crippen molar-refractivity contribution in [2.24, 2.45) is 5.73 Å². The third kappa shape index (κ3) is 4.89. The Bertz CT molecular complexity index is 463. The molecule has 0 fully saturated rings. The number of hydrogen-bond donors (Lipinski definition) is 2. The van der Waals surface area contributed by atoms with Gasteiger partial charge in [0, 0.05) is 18.3 Å². The summed E-state index contributed by atoms with van der Waals surface area (Å²) in [6.07, 6.45) is 3.67. The zero-order chi connectivity index (χ0) is 14.1. The van der Waals surface area contributed by atoms with Crippen LogP contribution < -0.4 is 11.1 Å². The van der Waals surface area contributed by atoms with E-state index in [1.807, 2.05) is 0 Å². The maximum atomic E-state index is 13.3. The topological polar surface area (TPSA) is 75.4 Å². The Morgan fingerprint density at radius 2 is 2.16 bits per heavy atom. The van der Waals surface area contributed by atoms with Crippen LogP contribution in [0.3, 0.4) is 0 Å². The summed E-state index contributed by atoms with van der Waals surface area (Å²) in [5, 5.41) is 2.39. The van der Waals surface area contributed by atoms with E-state index in [9.17, 15) is 14.0 Å². The molecule has 3 amide bonds. The van der Waals surface area contributed by atoms with Crippen molar-refractivity contribution < 1.29 is 14.0 Å². The lowest BCUT2D eigenvalue weighted by molar-refractivity contribution is -0.115. The third-order valence-electron chi connectivity index (χ3n) is 2.37. The van der Waals surface area contributed by atoms with Crippen LogP contribution in [0.15, 0.2) is 30.5 Å². The lowest BCUT2D eigenvalue weighted by Crippen LogP contribution is -2.37. The number of benzene rings is 1. The van der Waals surface area contributed by atoms with Gasteiger partial charge in [-0.3, -0.25) is 9.69 Å². The van der Waals surface area contributed by atoms with Crippen molar-refractivity contribution in [2.45, 2.75) is 6.42 Å². The molecule has 6 heteroatoms. The molecule has 1 aromatic rings. The molecule has 0 unspecified atom stereocenters. The average molecular weight is 265 g/mol. The van der Waals surface area contributed by atoms with Crippen molar-refractivity contribution in [3.05, 3.63) is 41.8 Å². The molecule has 0 aliphatic rings. The number of halogens is 1. The molecule has 0 bridgehead atoms. The number of hydrogen-bond acceptors (Lipinski definition) is 3. The fourth-order valence-corrected chi connectivity index (χ4v) is 1.36. The Labute approximate surface area is 110 Å². The smallest absolute Gasteiger partial charge is 0.327 e. The number of nitrogens with one attached hydrogen (secondary N) is 1. The minimum absolute atomic E-state index is 0.249. The second-order valence-electron chi connectivity index (χ2n) is 3.75. The Morgan fingerprint density at radius 3 is 2.79 bits per heavy atom. The van der Waals surface area contributed by atoms with Crippen LogP contribution in [0.4, 0.5) is 9.18 Å². The van der Waals surface area contributed by atoms with Gasteiger partial charge in [0.15, 0.2) is 0 Å². The Morgan fingerprint density at radius 1 is 1.42 bits per heavy atom. The third-order valence-corrected chi connectivity index (χ3v) is 2.37.